The zero-order valence-corrected chi connectivity index (χ0v) is 52.8. The average Bonchev–Trinajstić information content (AvgIpc) is 1.68. The van der Waals surface area contributed by atoms with Crippen molar-refractivity contribution in [2.24, 2.45) is 0 Å². The van der Waals surface area contributed by atoms with Gasteiger partial charge in [0.15, 0.2) is 0 Å². The van der Waals surface area contributed by atoms with Crippen molar-refractivity contribution < 1.29 is 9.47 Å². The number of benzene rings is 5. The molecule has 9 aromatic rings. The summed E-state index contributed by atoms with van der Waals surface area (Å²) in [6.07, 6.45) is 4.50. The number of nitrogens with one attached hydrogen (secondary N) is 2. The van der Waals surface area contributed by atoms with E-state index in [4.69, 9.17) is 19.4 Å². The summed E-state index contributed by atoms with van der Waals surface area (Å²) in [5, 5.41) is 3.22. The lowest BCUT2D eigenvalue weighted by Crippen LogP contribution is -2.16. The highest BCUT2D eigenvalue weighted by Crippen LogP contribution is 2.48. The molecule has 0 unspecified atom stereocenters. The quantitative estimate of drug-likeness (QED) is 0.168. The van der Waals surface area contributed by atoms with Gasteiger partial charge in [0.25, 0.3) is 0 Å². The molecule has 0 amide bonds. The third-order valence-corrected chi connectivity index (χ3v) is 17.5. The van der Waals surface area contributed by atoms with Gasteiger partial charge in [-0.15, -0.1) is 0 Å². The van der Waals surface area contributed by atoms with Gasteiger partial charge in [-0.25, -0.2) is 9.97 Å². The molecule has 4 aromatic heterocycles. The third-order valence-electron chi connectivity index (χ3n) is 17.5. The van der Waals surface area contributed by atoms with Gasteiger partial charge < -0.3 is 23.8 Å². The number of ether oxygens (including phenoxy) is 2. The number of H-pyrrole nitrogens is 2. The second kappa shape index (κ2) is 18.8. The van der Waals surface area contributed by atoms with E-state index in [9.17, 15) is 0 Å². The SMILES string of the molecule is COc1ccc2c3cc4nc-3c3c5[nH]c(cc5c5ccc(OC)cc5n3c2c1)c(-c1cc(C(C)(C)C)cc(C(C)(C)C)c1)c1nc(c(-c2cc(C(C)(C)C)cc(C(C)(C)C)c2)c2ccc([nH]2)c4-c2cc(C(C)(C)C)cc(C(C)(C)C)c2)C=C1. The molecule has 3 aliphatic rings. The fraction of sp³-hybridized carbons (Fsp3) is 0.342. The van der Waals surface area contributed by atoms with E-state index in [-0.39, 0.29) is 32.5 Å². The zero-order chi connectivity index (χ0) is 59.4. The fourth-order valence-corrected chi connectivity index (χ4v) is 12.3. The van der Waals surface area contributed by atoms with Gasteiger partial charge in [-0.2, -0.15) is 0 Å². The number of nitrogens with zero attached hydrogens (tertiary/aromatic N) is 3. The molecular formula is C76H83N5O2. The smallest absolute Gasteiger partial charge is 0.120 e. The summed E-state index contributed by atoms with van der Waals surface area (Å²) in [4.78, 5) is 20.3. The van der Waals surface area contributed by atoms with Crippen LogP contribution >= 0.6 is 0 Å². The molecule has 0 radical (unpaired) electrons. The molecule has 0 saturated heterocycles. The largest absolute Gasteiger partial charge is 0.497 e. The summed E-state index contributed by atoms with van der Waals surface area (Å²) in [5.41, 5.74) is 24.7. The third kappa shape index (κ3) is 9.62. The molecule has 5 aromatic carbocycles. The van der Waals surface area contributed by atoms with Crippen LogP contribution in [0.25, 0.3) is 117 Å². The Kier molecular flexibility index (Phi) is 12.6. The van der Waals surface area contributed by atoms with Crippen LogP contribution in [-0.4, -0.2) is 38.6 Å². The summed E-state index contributed by atoms with van der Waals surface area (Å²) >= 11 is 0. The molecule has 424 valence electrons. The maximum Gasteiger partial charge on any atom is 0.120 e. The van der Waals surface area contributed by atoms with E-state index in [0.29, 0.717) is 0 Å². The Hall–Kier alpha value is -7.90. The molecule has 12 rings (SSSR count). The van der Waals surface area contributed by atoms with E-state index < -0.39 is 0 Å². The molecule has 7 heteroatoms. The van der Waals surface area contributed by atoms with Crippen molar-refractivity contribution in [3.8, 4) is 56.1 Å². The lowest BCUT2D eigenvalue weighted by atomic mass is 9.78. The van der Waals surface area contributed by atoms with Crippen molar-refractivity contribution in [3.63, 3.8) is 0 Å². The van der Waals surface area contributed by atoms with Gasteiger partial charge in [-0.1, -0.05) is 179 Å². The molecule has 0 spiro atoms. The minimum atomic E-state index is -0.135. The first kappa shape index (κ1) is 55.6. The van der Waals surface area contributed by atoms with Crippen LogP contribution in [0.2, 0.25) is 0 Å². The van der Waals surface area contributed by atoms with Gasteiger partial charge in [0.2, 0.25) is 0 Å². The minimum Gasteiger partial charge on any atom is -0.497 e. The number of fused-ring (bicyclic) bond motifs is 12. The Morgan fingerprint density at radius 2 is 0.771 bits per heavy atom. The van der Waals surface area contributed by atoms with Gasteiger partial charge in [0.05, 0.1) is 58.9 Å². The van der Waals surface area contributed by atoms with Crippen LogP contribution in [0.15, 0.2) is 115 Å². The van der Waals surface area contributed by atoms with Crippen molar-refractivity contribution in [2.75, 3.05) is 14.2 Å². The molecule has 0 aliphatic carbocycles. The predicted octanol–water partition coefficient (Wildman–Crippen LogP) is 20.7. The summed E-state index contributed by atoms with van der Waals surface area (Å²) < 4.78 is 14.5. The highest BCUT2D eigenvalue weighted by atomic mass is 16.5. The Labute approximate surface area is 491 Å². The zero-order valence-electron chi connectivity index (χ0n) is 52.8. The summed E-state index contributed by atoms with van der Waals surface area (Å²) in [5.74, 6) is 1.53. The van der Waals surface area contributed by atoms with Crippen molar-refractivity contribution in [1.29, 1.82) is 0 Å². The molecule has 0 fully saturated rings. The van der Waals surface area contributed by atoms with Gasteiger partial charge in [0.1, 0.15) is 11.5 Å². The molecule has 0 atom stereocenters. The van der Waals surface area contributed by atoms with E-state index in [0.717, 1.165) is 128 Å². The number of pyridine rings is 2. The van der Waals surface area contributed by atoms with E-state index in [1.807, 2.05) is 0 Å². The van der Waals surface area contributed by atoms with Gasteiger partial charge in [0, 0.05) is 67.1 Å². The summed E-state index contributed by atoms with van der Waals surface area (Å²) in [6, 6.07) is 43.8. The first-order valence-electron chi connectivity index (χ1n) is 29.7. The molecule has 3 aliphatic heterocycles. The van der Waals surface area contributed by atoms with Crippen LogP contribution in [0.5, 0.6) is 11.5 Å². The van der Waals surface area contributed by atoms with Crippen molar-refractivity contribution in [1.82, 2.24) is 24.3 Å². The van der Waals surface area contributed by atoms with Crippen molar-refractivity contribution >= 4 is 72.4 Å². The van der Waals surface area contributed by atoms with Gasteiger partial charge in [-0.05, 0) is 143 Å². The number of hydrogen-bond donors (Lipinski definition) is 2. The van der Waals surface area contributed by atoms with E-state index in [1.165, 1.54) is 33.4 Å². The Morgan fingerprint density at radius 1 is 0.373 bits per heavy atom. The Morgan fingerprint density at radius 3 is 1.20 bits per heavy atom. The number of hydrogen-bond acceptors (Lipinski definition) is 4. The van der Waals surface area contributed by atoms with Crippen molar-refractivity contribution in [2.45, 2.75) is 157 Å². The first-order valence-corrected chi connectivity index (χ1v) is 29.7. The number of rotatable bonds is 5. The van der Waals surface area contributed by atoms with Gasteiger partial charge >= 0.3 is 0 Å². The predicted molar refractivity (Wildman–Crippen MR) is 354 cm³/mol. The molecule has 7 heterocycles. The average molecular weight is 1100 g/mol. The fourth-order valence-electron chi connectivity index (χ4n) is 12.3. The lowest BCUT2D eigenvalue weighted by molar-refractivity contribution is 0.415. The highest BCUT2D eigenvalue weighted by Gasteiger charge is 2.30. The molecule has 2 N–H and O–H groups in total. The topological polar surface area (TPSA) is 80.2 Å². The maximum absolute atomic E-state index is 6.07. The Balaban J connectivity index is 1.39. The van der Waals surface area contributed by atoms with Crippen LogP contribution in [0.1, 0.15) is 169 Å². The molecular weight excluding hydrogens is 1010 g/mol. The molecule has 8 bridgehead atoms. The highest BCUT2D eigenvalue weighted by molar-refractivity contribution is 6.21. The van der Waals surface area contributed by atoms with Crippen LogP contribution in [0.3, 0.4) is 0 Å². The minimum absolute atomic E-state index is 0.123. The standard InChI is InChI=1S/C76H83N5O2/c1-71(2,3)45-29-42(30-46(35-45)72(4,5)6)65-57-25-27-59(77-57)66(43-31-47(73(7,8)9)36-48(32-43)74(10,11)12)61-40-55-53-23-21-51(82-19)38-63(53)81-64-39-52(83-20)22-24-54(64)56-41-62(80-69(56)70(81)68(55)79-61)67(60-28-26-58(65)78-60)44-33-49(75(13,14)15)37-50(34-44)76(16,17)18/h21-41,77,80H,1-20H3. The monoisotopic (exact) mass is 1100 g/mol. The number of aromatic amines is 2. The van der Waals surface area contributed by atoms with Crippen LogP contribution < -0.4 is 9.47 Å². The number of methoxy groups -OCH3 is 2. The van der Waals surface area contributed by atoms with Crippen LogP contribution in [-0.2, 0) is 32.5 Å². The molecule has 7 nitrogen and oxygen atoms in total. The van der Waals surface area contributed by atoms with E-state index in [2.05, 4.69) is 266 Å². The first-order chi connectivity index (χ1) is 38.8. The van der Waals surface area contributed by atoms with Crippen molar-refractivity contribution in [3.05, 3.63) is 160 Å². The lowest BCUT2D eigenvalue weighted by Gasteiger charge is -2.26. The maximum atomic E-state index is 6.07. The normalized spacial score (nSPS) is 13.5. The summed E-state index contributed by atoms with van der Waals surface area (Å²) in [7, 11) is 3.49. The van der Waals surface area contributed by atoms with E-state index >= 15 is 0 Å². The van der Waals surface area contributed by atoms with E-state index in [1.54, 1.807) is 14.2 Å². The Bertz CT molecular complexity index is 4470. The second-order valence-corrected chi connectivity index (χ2v) is 29.8. The van der Waals surface area contributed by atoms with Crippen LogP contribution in [0.4, 0.5) is 0 Å². The molecule has 83 heavy (non-hydrogen) atoms. The summed E-state index contributed by atoms with van der Waals surface area (Å²) in [6.45, 7) is 41.7. The van der Waals surface area contributed by atoms with Gasteiger partial charge in [-0.3, -0.25) is 0 Å². The van der Waals surface area contributed by atoms with Crippen LogP contribution in [0, 0.1) is 0 Å². The second-order valence-electron chi connectivity index (χ2n) is 29.8. The molecule has 0 saturated carbocycles. The number of aromatic nitrogens is 5.